The van der Waals surface area contributed by atoms with Gasteiger partial charge in [-0.3, -0.25) is 0 Å². The van der Waals surface area contributed by atoms with Gasteiger partial charge in [-0.15, -0.1) is 10.1 Å². The maximum Gasteiger partial charge on any atom is 0.294 e. The lowest BCUT2D eigenvalue weighted by atomic mass is 9.90. The first-order chi connectivity index (χ1) is 15.3. The summed E-state index contributed by atoms with van der Waals surface area (Å²) < 4.78 is 11.0. The van der Waals surface area contributed by atoms with Crippen molar-refractivity contribution in [2.24, 2.45) is 0 Å². The van der Waals surface area contributed by atoms with Crippen LogP contribution in [0.25, 0.3) is 0 Å². The Bertz CT molecular complexity index is 909. The van der Waals surface area contributed by atoms with Gasteiger partial charge in [-0.1, -0.05) is 35.9 Å². The summed E-state index contributed by atoms with van der Waals surface area (Å²) in [6.07, 6.45) is -5.76. The Hall–Kier alpha value is -2.47. The number of hydrogen-bond acceptors (Lipinski definition) is 9. The molecule has 1 aliphatic heterocycles. The van der Waals surface area contributed by atoms with Crippen LogP contribution in [0, 0.1) is 10.1 Å². The molecule has 4 N–H and O–H groups in total. The van der Waals surface area contributed by atoms with Crippen molar-refractivity contribution in [3.8, 4) is 5.75 Å². The van der Waals surface area contributed by atoms with E-state index in [1.807, 2.05) is 12.1 Å². The summed E-state index contributed by atoms with van der Waals surface area (Å²) in [4.78, 5) is 14.3. The molecule has 0 unspecified atom stereocenters. The second-order valence-electron chi connectivity index (χ2n) is 7.33. The van der Waals surface area contributed by atoms with E-state index in [0.29, 0.717) is 22.8 Å². The summed E-state index contributed by atoms with van der Waals surface area (Å²) in [5.74, 6) is 0.530. The molecule has 3 rings (SSSR count). The molecule has 5 atom stereocenters. The van der Waals surface area contributed by atoms with Crippen molar-refractivity contribution in [2.45, 2.75) is 36.9 Å². The van der Waals surface area contributed by atoms with Gasteiger partial charge in [0.2, 0.25) is 0 Å². The van der Waals surface area contributed by atoms with Crippen LogP contribution in [-0.2, 0) is 16.0 Å². The average molecular weight is 470 g/mol. The highest BCUT2D eigenvalue weighted by atomic mass is 35.5. The maximum absolute atomic E-state index is 10.4. The molecule has 0 spiro atoms. The van der Waals surface area contributed by atoms with Crippen molar-refractivity contribution < 1.29 is 39.8 Å². The van der Waals surface area contributed by atoms with Gasteiger partial charge < -0.3 is 34.7 Å². The first kappa shape index (κ1) is 24.2. The van der Waals surface area contributed by atoms with E-state index in [9.17, 15) is 30.5 Å². The Morgan fingerprint density at radius 3 is 2.41 bits per heavy atom. The topological polar surface area (TPSA) is 152 Å². The molecule has 11 heteroatoms. The molecular formula is C21H24ClNO9. The van der Waals surface area contributed by atoms with E-state index in [4.69, 9.17) is 21.1 Å². The van der Waals surface area contributed by atoms with E-state index in [0.717, 1.165) is 11.1 Å². The van der Waals surface area contributed by atoms with Crippen molar-refractivity contribution >= 4 is 11.6 Å². The molecular weight excluding hydrogens is 446 g/mol. The second-order valence-corrected chi connectivity index (χ2v) is 7.73. The Balaban J connectivity index is 1.69. The van der Waals surface area contributed by atoms with E-state index in [1.54, 1.807) is 30.3 Å². The molecule has 0 radical (unpaired) electrons. The zero-order valence-corrected chi connectivity index (χ0v) is 17.7. The number of aliphatic hydroxyl groups is 4. The summed E-state index contributed by atoms with van der Waals surface area (Å²) in [5, 5.41) is 49.5. The normalized spacial score (nSPS) is 25.3. The number of nitrogens with zero attached hydrogens (tertiary/aromatic N) is 1. The molecule has 1 fully saturated rings. The van der Waals surface area contributed by atoms with Crippen LogP contribution in [-0.4, -0.2) is 69.7 Å². The fourth-order valence-electron chi connectivity index (χ4n) is 3.48. The van der Waals surface area contributed by atoms with Gasteiger partial charge in [0, 0.05) is 5.02 Å². The van der Waals surface area contributed by atoms with Crippen LogP contribution < -0.4 is 4.74 Å². The SMILES string of the molecule is O=[N+]([O-])OCCOc1ccc(Cc2cc([C@@H]3O[C@H](CO)[C@@H](O)[C@H](O)[C@H]3O)ccc2Cl)cc1. The Labute approximate surface area is 188 Å². The quantitative estimate of drug-likeness (QED) is 0.239. The van der Waals surface area contributed by atoms with Crippen LogP contribution >= 0.6 is 11.6 Å². The first-order valence-corrected chi connectivity index (χ1v) is 10.3. The van der Waals surface area contributed by atoms with Gasteiger partial charge in [-0.25, -0.2) is 0 Å². The van der Waals surface area contributed by atoms with Gasteiger partial charge in [-0.05, 0) is 41.3 Å². The molecule has 32 heavy (non-hydrogen) atoms. The van der Waals surface area contributed by atoms with Crippen molar-refractivity contribution in [2.75, 3.05) is 19.8 Å². The van der Waals surface area contributed by atoms with Crippen molar-refractivity contribution in [1.29, 1.82) is 0 Å². The molecule has 2 aromatic carbocycles. The van der Waals surface area contributed by atoms with Gasteiger partial charge >= 0.3 is 0 Å². The van der Waals surface area contributed by atoms with Crippen LogP contribution in [0.4, 0.5) is 0 Å². The molecule has 0 saturated carbocycles. The number of halogens is 1. The lowest BCUT2D eigenvalue weighted by molar-refractivity contribution is -0.757. The van der Waals surface area contributed by atoms with Gasteiger partial charge in [0.05, 0.1) is 6.61 Å². The van der Waals surface area contributed by atoms with Crippen LogP contribution in [0.5, 0.6) is 5.75 Å². The van der Waals surface area contributed by atoms with E-state index in [-0.39, 0.29) is 13.2 Å². The zero-order valence-electron chi connectivity index (χ0n) is 16.9. The highest BCUT2D eigenvalue weighted by Gasteiger charge is 2.44. The smallest absolute Gasteiger partial charge is 0.294 e. The second kappa shape index (κ2) is 10.9. The monoisotopic (exact) mass is 469 g/mol. The van der Waals surface area contributed by atoms with Crippen LogP contribution in [0.15, 0.2) is 42.5 Å². The highest BCUT2D eigenvalue weighted by Crippen LogP contribution is 2.34. The minimum atomic E-state index is -1.46. The standard InChI is InChI=1S/C21H24ClNO9/c22-16-6-3-13(21-20(27)19(26)18(25)17(11-24)32-21)10-14(16)9-12-1-4-15(5-2-12)30-7-8-31-23(28)29/h1-6,10,17-21,24-27H,7-9,11H2/t17-,18-,19+,20-,21+/m1/s1. The molecule has 0 aromatic heterocycles. The fourth-order valence-corrected chi connectivity index (χ4v) is 3.66. The minimum Gasteiger partial charge on any atom is -0.492 e. The maximum atomic E-state index is 10.4. The number of rotatable bonds is 9. The summed E-state index contributed by atoms with van der Waals surface area (Å²) in [6, 6.07) is 12.1. The van der Waals surface area contributed by atoms with Gasteiger partial charge in [0.25, 0.3) is 5.09 Å². The van der Waals surface area contributed by atoms with Crippen LogP contribution in [0.1, 0.15) is 22.8 Å². The predicted molar refractivity (Wildman–Crippen MR) is 112 cm³/mol. The minimum absolute atomic E-state index is 0.0350. The van der Waals surface area contributed by atoms with Crippen LogP contribution in [0.2, 0.25) is 5.02 Å². The molecule has 1 aliphatic rings. The van der Waals surface area contributed by atoms with Crippen molar-refractivity contribution in [3.63, 3.8) is 0 Å². The molecule has 174 valence electrons. The average Bonchev–Trinajstić information content (AvgIpc) is 2.78. The lowest BCUT2D eigenvalue weighted by Gasteiger charge is -2.40. The van der Waals surface area contributed by atoms with Gasteiger partial charge in [-0.2, -0.15) is 0 Å². The van der Waals surface area contributed by atoms with E-state index >= 15 is 0 Å². The number of benzene rings is 2. The Morgan fingerprint density at radius 2 is 1.75 bits per heavy atom. The van der Waals surface area contributed by atoms with Crippen LogP contribution in [0.3, 0.4) is 0 Å². The zero-order chi connectivity index (χ0) is 23.3. The Morgan fingerprint density at radius 1 is 1.03 bits per heavy atom. The first-order valence-electron chi connectivity index (χ1n) is 9.88. The largest absolute Gasteiger partial charge is 0.492 e. The summed E-state index contributed by atoms with van der Waals surface area (Å²) in [7, 11) is 0. The third kappa shape index (κ3) is 5.85. The third-order valence-corrected chi connectivity index (χ3v) is 5.53. The summed E-state index contributed by atoms with van der Waals surface area (Å²) in [6.45, 7) is -0.642. The molecule has 2 aromatic rings. The number of aliphatic hydroxyl groups excluding tert-OH is 4. The van der Waals surface area contributed by atoms with Gasteiger partial charge in [0.1, 0.15) is 49.5 Å². The number of ether oxygens (including phenoxy) is 2. The third-order valence-electron chi connectivity index (χ3n) is 5.16. The molecule has 0 aliphatic carbocycles. The highest BCUT2D eigenvalue weighted by molar-refractivity contribution is 6.31. The summed E-state index contributed by atoms with van der Waals surface area (Å²) in [5.41, 5.74) is 2.20. The van der Waals surface area contributed by atoms with Crippen molar-refractivity contribution in [3.05, 3.63) is 74.3 Å². The summed E-state index contributed by atoms with van der Waals surface area (Å²) >= 11 is 6.34. The lowest BCUT2D eigenvalue weighted by Crippen LogP contribution is -2.55. The predicted octanol–water partition coefficient (Wildman–Crippen LogP) is 1.03. The molecule has 0 amide bonds. The molecule has 1 saturated heterocycles. The molecule has 0 bridgehead atoms. The van der Waals surface area contributed by atoms with Crippen molar-refractivity contribution in [1.82, 2.24) is 0 Å². The molecule has 1 heterocycles. The van der Waals surface area contributed by atoms with E-state index < -0.39 is 42.2 Å². The molecule has 10 nitrogen and oxygen atoms in total. The number of hydrogen-bond donors (Lipinski definition) is 4. The Kier molecular flexibility index (Phi) is 8.24. The van der Waals surface area contributed by atoms with Gasteiger partial charge in [0.15, 0.2) is 0 Å². The fraction of sp³-hybridized carbons (Fsp3) is 0.429. The van der Waals surface area contributed by atoms with E-state index in [2.05, 4.69) is 4.84 Å². The van der Waals surface area contributed by atoms with E-state index in [1.165, 1.54) is 0 Å².